The Morgan fingerprint density at radius 3 is 2.79 bits per heavy atom. The summed E-state index contributed by atoms with van der Waals surface area (Å²) in [6, 6.07) is 15.6. The van der Waals surface area contributed by atoms with Crippen LogP contribution in [-0.2, 0) is 17.8 Å². The van der Waals surface area contributed by atoms with E-state index in [1.807, 2.05) is 55.5 Å². The van der Waals surface area contributed by atoms with E-state index < -0.39 is 0 Å². The first-order valence-electron chi connectivity index (χ1n) is 9.74. The molecule has 1 aliphatic rings. The third-order valence-electron chi connectivity index (χ3n) is 4.84. The van der Waals surface area contributed by atoms with Crippen molar-refractivity contribution in [3.63, 3.8) is 0 Å². The maximum Gasteiger partial charge on any atom is 0.251 e. The van der Waals surface area contributed by atoms with Gasteiger partial charge in [-0.15, -0.1) is 0 Å². The average molecular weight is 392 g/mol. The topological polar surface area (TPSA) is 80.5 Å². The van der Waals surface area contributed by atoms with E-state index in [1.165, 1.54) is 0 Å². The predicted octanol–water partition coefficient (Wildman–Crippen LogP) is 2.81. The number of nitrogens with zero attached hydrogens (tertiary/aromatic N) is 3. The van der Waals surface area contributed by atoms with E-state index >= 15 is 0 Å². The predicted molar refractivity (Wildman–Crippen MR) is 108 cm³/mol. The molecular weight excluding hydrogens is 368 g/mol. The zero-order valence-electron chi connectivity index (χ0n) is 16.4. The lowest BCUT2D eigenvalue weighted by atomic mass is 10.1. The summed E-state index contributed by atoms with van der Waals surface area (Å²) in [5, 5.41) is 6.86. The number of morpholine rings is 1. The monoisotopic (exact) mass is 392 g/mol. The van der Waals surface area contributed by atoms with Gasteiger partial charge < -0.3 is 14.6 Å². The molecule has 0 spiro atoms. The van der Waals surface area contributed by atoms with Crippen molar-refractivity contribution in [3.05, 3.63) is 71.1 Å². The molecule has 0 saturated carbocycles. The van der Waals surface area contributed by atoms with Crippen LogP contribution in [0.5, 0.6) is 0 Å². The van der Waals surface area contributed by atoms with Crippen LogP contribution >= 0.6 is 0 Å². The number of hydrogen-bond acceptors (Lipinski definition) is 6. The molecule has 0 unspecified atom stereocenters. The van der Waals surface area contributed by atoms with Crippen LogP contribution in [0.25, 0.3) is 11.4 Å². The smallest absolute Gasteiger partial charge is 0.251 e. The van der Waals surface area contributed by atoms with Crippen molar-refractivity contribution in [2.24, 2.45) is 0 Å². The molecule has 4 rings (SSSR count). The van der Waals surface area contributed by atoms with Gasteiger partial charge in [-0.2, -0.15) is 4.98 Å². The number of carbonyl (C=O) groups excluding carboxylic acids is 1. The Kier molecular flexibility index (Phi) is 5.97. The summed E-state index contributed by atoms with van der Waals surface area (Å²) in [4.78, 5) is 19.2. The van der Waals surface area contributed by atoms with E-state index in [1.54, 1.807) is 0 Å². The molecule has 1 aromatic heterocycles. The normalized spacial score (nSPS) is 14.7. The van der Waals surface area contributed by atoms with Gasteiger partial charge in [-0.05, 0) is 30.7 Å². The standard InChI is InChI=1S/C22H24N4O3/c1-16-4-2-6-18(12-16)21-24-20(29-25-21)14-23-22(27)19-7-3-5-17(13-19)15-26-8-10-28-11-9-26/h2-7,12-13H,8-11,14-15H2,1H3,(H,23,27). The largest absolute Gasteiger partial charge is 0.379 e. The number of aryl methyl sites for hydroxylation is 1. The van der Waals surface area contributed by atoms with Gasteiger partial charge in [0, 0.05) is 30.8 Å². The van der Waals surface area contributed by atoms with E-state index in [0.717, 1.165) is 49.5 Å². The molecule has 7 nitrogen and oxygen atoms in total. The summed E-state index contributed by atoms with van der Waals surface area (Å²) in [6.07, 6.45) is 0. The lowest BCUT2D eigenvalue weighted by Gasteiger charge is -2.26. The first-order valence-corrected chi connectivity index (χ1v) is 9.74. The molecule has 0 bridgehead atoms. The number of carbonyl (C=O) groups is 1. The molecule has 1 aliphatic heterocycles. The van der Waals surface area contributed by atoms with Gasteiger partial charge in [-0.3, -0.25) is 9.69 Å². The summed E-state index contributed by atoms with van der Waals surface area (Å²) in [6.45, 7) is 6.36. The molecule has 2 aromatic carbocycles. The summed E-state index contributed by atoms with van der Waals surface area (Å²) < 4.78 is 10.7. The van der Waals surface area contributed by atoms with Crippen LogP contribution in [0.2, 0.25) is 0 Å². The molecule has 0 aliphatic carbocycles. The number of ether oxygens (including phenoxy) is 1. The van der Waals surface area contributed by atoms with Gasteiger partial charge in [0.2, 0.25) is 11.7 Å². The quantitative estimate of drug-likeness (QED) is 0.695. The minimum Gasteiger partial charge on any atom is -0.379 e. The van der Waals surface area contributed by atoms with E-state index in [2.05, 4.69) is 20.4 Å². The minimum absolute atomic E-state index is 0.163. The first-order chi connectivity index (χ1) is 14.2. The second-order valence-electron chi connectivity index (χ2n) is 7.15. The molecule has 1 saturated heterocycles. The van der Waals surface area contributed by atoms with Crippen molar-refractivity contribution >= 4 is 5.91 Å². The van der Waals surface area contributed by atoms with E-state index in [9.17, 15) is 4.79 Å². The molecule has 1 N–H and O–H groups in total. The number of aromatic nitrogens is 2. The number of rotatable bonds is 6. The molecular formula is C22H24N4O3. The molecule has 7 heteroatoms. The molecule has 150 valence electrons. The fraction of sp³-hybridized carbons (Fsp3) is 0.318. The number of nitrogens with one attached hydrogen (secondary N) is 1. The highest BCUT2D eigenvalue weighted by Crippen LogP contribution is 2.17. The van der Waals surface area contributed by atoms with Gasteiger partial charge in [0.15, 0.2) is 0 Å². The second-order valence-corrected chi connectivity index (χ2v) is 7.15. The van der Waals surface area contributed by atoms with Crippen LogP contribution in [0, 0.1) is 6.92 Å². The zero-order valence-corrected chi connectivity index (χ0v) is 16.4. The molecule has 0 atom stereocenters. The Morgan fingerprint density at radius 1 is 1.14 bits per heavy atom. The third-order valence-corrected chi connectivity index (χ3v) is 4.84. The van der Waals surface area contributed by atoms with Gasteiger partial charge in [0.05, 0.1) is 19.8 Å². The average Bonchev–Trinajstić information content (AvgIpc) is 3.22. The van der Waals surface area contributed by atoms with Crippen LogP contribution in [0.3, 0.4) is 0 Å². The second kappa shape index (κ2) is 8.98. The minimum atomic E-state index is -0.163. The van der Waals surface area contributed by atoms with E-state index in [0.29, 0.717) is 17.3 Å². The lowest BCUT2D eigenvalue weighted by molar-refractivity contribution is 0.0342. The SMILES string of the molecule is Cc1cccc(-c2noc(CNC(=O)c3cccc(CN4CCOCC4)c3)n2)c1. The maximum atomic E-state index is 12.5. The summed E-state index contributed by atoms with van der Waals surface area (Å²) in [7, 11) is 0. The van der Waals surface area contributed by atoms with E-state index in [-0.39, 0.29) is 12.5 Å². The van der Waals surface area contributed by atoms with Crippen LogP contribution in [-0.4, -0.2) is 47.3 Å². The van der Waals surface area contributed by atoms with Crippen molar-refractivity contribution in [1.82, 2.24) is 20.4 Å². The van der Waals surface area contributed by atoms with Crippen LogP contribution in [0.15, 0.2) is 53.1 Å². The number of hydrogen-bond donors (Lipinski definition) is 1. The van der Waals surface area contributed by atoms with Crippen molar-refractivity contribution < 1.29 is 14.1 Å². The number of amides is 1. The van der Waals surface area contributed by atoms with Gasteiger partial charge in [0.25, 0.3) is 5.91 Å². The fourth-order valence-electron chi connectivity index (χ4n) is 3.31. The summed E-state index contributed by atoms with van der Waals surface area (Å²) >= 11 is 0. The lowest BCUT2D eigenvalue weighted by Crippen LogP contribution is -2.35. The highest BCUT2D eigenvalue weighted by Gasteiger charge is 2.14. The van der Waals surface area contributed by atoms with Gasteiger partial charge >= 0.3 is 0 Å². The van der Waals surface area contributed by atoms with Gasteiger partial charge in [0.1, 0.15) is 0 Å². The Hall–Kier alpha value is -3.03. The van der Waals surface area contributed by atoms with Crippen molar-refractivity contribution in [2.45, 2.75) is 20.0 Å². The summed E-state index contributed by atoms with van der Waals surface area (Å²) in [5.74, 6) is 0.730. The van der Waals surface area contributed by atoms with Crippen LogP contribution in [0.4, 0.5) is 0 Å². The molecule has 0 radical (unpaired) electrons. The molecule has 1 amide bonds. The Bertz CT molecular complexity index is 979. The number of benzene rings is 2. The summed E-state index contributed by atoms with van der Waals surface area (Å²) in [5.41, 5.74) is 3.74. The van der Waals surface area contributed by atoms with Gasteiger partial charge in [-0.25, -0.2) is 0 Å². The van der Waals surface area contributed by atoms with Crippen molar-refractivity contribution in [1.29, 1.82) is 0 Å². The van der Waals surface area contributed by atoms with Crippen molar-refractivity contribution in [3.8, 4) is 11.4 Å². The molecule has 29 heavy (non-hydrogen) atoms. The molecule has 2 heterocycles. The Labute approximate surface area is 169 Å². The Balaban J connectivity index is 1.35. The highest BCUT2D eigenvalue weighted by molar-refractivity contribution is 5.94. The fourth-order valence-corrected chi connectivity index (χ4v) is 3.31. The zero-order chi connectivity index (χ0) is 20.1. The van der Waals surface area contributed by atoms with Crippen molar-refractivity contribution in [2.75, 3.05) is 26.3 Å². The molecule has 3 aromatic rings. The van der Waals surface area contributed by atoms with Gasteiger partial charge in [-0.1, -0.05) is 41.1 Å². The Morgan fingerprint density at radius 2 is 1.97 bits per heavy atom. The highest BCUT2D eigenvalue weighted by atomic mass is 16.5. The van der Waals surface area contributed by atoms with Crippen LogP contribution in [0.1, 0.15) is 27.4 Å². The van der Waals surface area contributed by atoms with E-state index in [4.69, 9.17) is 9.26 Å². The third kappa shape index (κ3) is 5.07. The maximum absolute atomic E-state index is 12.5. The first kappa shape index (κ1) is 19.3. The van der Waals surface area contributed by atoms with Crippen LogP contribution < -0.4 is 5.32 Å². The molecule has 1 fully saturated rings.